The van der Waals surface area contributed by atoms with Crippen LogP contribution in [-0.4, -0.2) is 14.5 Å². The molecule has 134 valence electrons. The molecule has 0 saturated carbocycles. The zero-order valence-electron chi connectivity index (χ0n) is 13.7. The summed E-state index contributed by atoms with van der Waals surface area (Å²) in [6.45, 7) is 0. The Morgan fingerprint density at radius 1 is 1.04 bits per heavy atom. The standard InChI is InChI=1S/C19H11ClF2N4O/c20-15-9-12(22)4-6-17(15)25-19-24-16-5-3-11(21)8-14(16)18(27)26(19)13-2-1-7-23-10-13/h1-10H,(H,24,25). The fourth-order valence-electron chi connectivity index (χ4n) is 2.68. The van der Waals surface area contributed by atoms with Crippen LogP contribution in [0.5, 0.6) is 0 Å². The second-order valence-electron chi connectivity index (χ2n) is 5.70. The normalized spacial score (nSPS) is 10.9. The van der Waals surface area contributed by atoms with Crippen molar-refractivity contribution in [1.82, 2.24) is 14.5 Å². The van der Waals surface area contributed by atoms with Gasteiger partial charge < -0.3 is 5.32 Å². The number of pyridine rings is 1. The van der Waals surface area contributed by atoms with Crippen LogP contribution in [0.1, 0.15) is 0 Å². The number of fused-ring (bicyclic) bond motifs is 1. The van der Waals surface area contributed by atoms with Crippen LogP contribution < -0.4 is 10.9 Å². The molecular formula is C19H11ClF2N4O. The molecule has 2 aromatic heterocycles. The lowest BCUT2D eigenvalue weighted by molar-refractivity contribution is 0.628. The Morgan fingerprint density at radius 2 is 1.81 bits per heavy atom. The molecule has 1 N–H and O–H groups in total. The van der Waals surface area contributed by atoms with Gasteiger partial charge in [0.1, 0.15) is 11.6 Å². The van der Waals surface area contributed by atoms with Crippen LogP contribution in [0.2, 0.25) is 5.02 Å². The van der Waals surface area contributed by atoms with Gasteiger partial charge in [-0.1, -0.05) is 11.6 Å². The van der Waals surface area contributed by atoms with Gasteiger partial charge in [0.25, 0.3) is 5.56 Å². The largest absolute Gasteiger partial charge is 0.324 e. The van der Waals surface area contributed by atoms with Gasteiger partial charge in [0, 0.05) is 6.20 Å². The molecule has 0 bridgehead atoms. The molecule has 0 atom stereocenters. The Hall–Kier alpha value is -3.32. The van der Waals surface area contributed by atoms with Crippen LogP contribution in [0, 0.1) is 11.6 Å². The zero-order chi connectivity index (χ0) is 19.0. The fourth-order valence-corrected chi connectivity index (χ4v) is 2.89. The molecule has 0 aliphatic carbocycles. The summed E-state index contributed by atoms with van der Waals surface area (Å²) in [7, 11) is 0. The molecule has 2 aromatic carbocycles. The van der Waals surface area contributed by atoms with Crippen molar-refractivity contribution in [3.63, 3.8) is 0 Å². The lowest BCUT2D eigenvalue weighted by atomic mass is 10.2. The van der Waals surface area contributed by atoms with E-state index >= 15 is 0 Å². The first-order valence-electron chi connectivity index (χ1n) is 7.88. The van der Waals surface area contributed by atoms with E-state index in [1.807, 2.05) is 0 Å². The first-order valence-corrected chi connectivity index (χ1v) is 8.25. The zero-order valence-corrected chi connectivity index (χ0v) is 14.4. The highest BCUT2D eigenvalue weighted by Gasteiger charge is 2.15. The van der Waals surface area contributed by atoms with Crippen molar-refractivity contribution in [2.75, 3.05) is 5.32 Å². The highest BCUT2D eigenvalue weighted by Crippen LogP contribution is 2.26. The van der Waals surface area contributed by atoms with Gasteiger partial charge >= 0.3 is 0 Å². The number of rotatable bonds is 3. The van der Waals surface area contributed by atoms with E-state index in [-0.39, 0.29) is 16.4 Å². The number of nitrogens with zero attached hydrogens (tertiary/aromatic N) is 3. The van der Waals surface area contributed by atoms with Gasteiger partial charge in [-0.15, -0.1) is 0 Å². The Bertz CT molecular complexity index is 1210. The minimum Gasteiger partial charge on any atom is -0.324 e. The Labute approximate surface area is 156 Å². The third-order valence-corrected chi connectivity index (χ3v) is 4.22. The maximum atomic E-state index is 13.6. The molecule has 0 amide bonds. The number of aromatic nitrogens is 3. The topological polar surface area (TPSA) is 59.8 Å². The van der Waals surface area contributed by atoms with E-state index in [9.17, 15) is 13.6 Å². The van der Waals surface area contributed by atoms with Crippen LogP contribution in [0.3, 0.4) is 0 Å². The summed E-state index contributed by atoms with van der Waals surface area (Å²) in [5.74, 6) is -0.890. The van der Waals surface area contributed by atoms with E-state index in [0.717, 1.165) is 12.1 Å². The van der Waals surface area contributed by atoms with Crippen LogP contribution >= 0.6 is 11.6 Å². The first kappa shape index (κ1) is 17.1. The second-order valence-corrected chi connectivity index (χ2v) is 6.11. The lowest BCUT2D eigenvalue weighted by Gasteiger charge is -2.15. The van der Waals surface area contributed by atoms with Gasteiger partial charge in [-0.3, -0.25) is 9.78 Å². The molecule has 4 aromatic rings. The third-order valence-electron chi connectivity index (χ3n) is 3.91. The van der Waals surface area contributed by atoms with E-state index in [0.29, 0.717) is 16.9 Å². The number of halogens is 3. The average Bonchev–Trinajstić information content (AvgIpc) is 2.65. The number of nitrogens with one attached hydrogen (secondary N) is 1. The van der Waals surface area contributed by atoms with Crippen molar-refractivity contribution in [3.8, 4) is 5.69 Å². The van der Waals surface area contributed by atoms with E-state index in [1.165, 1.54) is 35.0 Å². The maximum absolute atomic E-state index is 13.6. The van der Waals surface area contributed by atoms with Crippen LogP contribution in [0.25, 0.3) is 16.6 Å². The van der Waals surface area contributed by atoms with Crippen molar-refractivity contribution < 1.29 is 8.78 Å². The second kappa shape index (κ2) is 6.77. The summed E-state index contributed by atoms with van der Waals surface area (Å²) < 4.78 is 28.2. The number of hydrogen-bond donors (Lipinski definition) is 1. The Kier molecular flexibility index (Phi) is 4.29. The van der Waals surface area contributed by atoms with Crippen LogP contribution in [0.15, 0.2) is 65.7 Å². The summed E-state index contributed by atoms with van der Waals surface area (Å²) in [6, 6.07) is 10.9. The van der Waals surface area contributed by atoms with E-state index in [2.05, 4.69) is 15.3 Å². The average molecular weight is 385 g/mol. The van der Waals surface area contributed by atoms with Gasteiger partial charge in [0.2, 0.25) is 5.95 Å². The summed E-state index contributed by atoms with van der Waals surface area (Å²) >= 11 is 6.08. The molecule has 0 aliphatic heterocycles. The molecule has 8 heteroatoms. The molecule has 0 radical (unpaired) electrons. The Morgan fingerprint density at radius 3 is 2.56 bits per heavy atom. The van der Waals surface area contributed by atoms with Crippen LogP contribution in [0.4, 0.5) is 20.4 Å². The number of anilines is 2. The summed E-state index contributed by atoms with van der Waals surface area (Å²) in [6.07, 6.45) is 3.04. The number of hydrogen-bond acceptors (Lipinski definition) is 4. The monoisotopic (exact) mass is 384 g/mol. The van der Waals surface area contributed by atoms with E-state index in [4.69, 9.17) is 11.6 Å². The summed E-state index contributed by atoms with van der Waals surface area (Å²) in [5, 5.41) is 3.19. The predicted molar refractivity (Wildman–Crippen MR) is 99.8 cm³/mol. The molecule has 0 saturated heterocycles. The van der Waals surface area contributed by atoms with Crippen molar-refractivity contribution in [1.29, 1.82) is 0 Å². The molecule has 0 fully saturated rings. The maximum Gasteiger partial charge on any atom is 0.267 e. The highest BCUT2D eigenvalue weighted by molar-refractivity contribution is 6.33. The lowest BCUT2D eigenvalue weighted by Crippen LogP contribution is -2.23. The quantitative estimate of drug-likeness (QED) is 0.566. The van der Waals surface area contributed by atoms with Crippen molar-refractivity contribution >= 4 is 34.1 Å². The van der Waals surface area contributed by atoms with Gasteiger partial charge in [-0.2, -0.15) is 0 Å². The molecule has 4 rings (SSSR count). The minimum absolute atomic E-state index is 0.120. The van der Waals surface area contributed by atoms with E-state index in [1.54, 1.807) is 18.3 Å². The van der Waals surface area contributed by atoms with Gasteiger partial charge in [-0.25, -0.2) is 18.3 Å². The van der Waals surface area contributed by atoms with Gasteiger partial charge in [-0.05, 0) is 48.5 Å². The fraction of sp³-hybridized carbons (Fsp3) is 0. The summed E-state index contributed by atoms with van der Waals surface area (Å²) in [4.78, 5) is 21.5. The molecular weight excluding hydrogens is 374 g/mol. The molecule has 0 aliphatic rings. The van der Waals surface area contributed by atoms with Crippen molar-refractivity contribution in [3.05, 3.63) is 87.9 Å². The van der Waals surface area contributed by atoms with Gasteiger partial charge in [0.15, 0.2) is 0 Å². The molecule has 0 spiro atoms. The Balaban J connectivity index is 1.98. The smallest absolute Gasteiger partial charge is 0.267 e. The molecule has 2 heterocycles. The minimum atomic E-state index is -0.540. The SMILES string of the molecule is O=c1c2cc(F)ccc2nc(Nc2ccc(F)cc2Cl)n1-c1cccnc1. The van der Waals surface area contributed by atoms with Gasteiger partial charge in [0.05, 0.1) is 33.5 Å². The third kappa shape index (κ3) is 3.24. The number of benzene rings is 2. The molecule has 0 unspecified atom stereocenters. The first-order chi connectivity index (χ1) is 13.0. The van der Waals surface area contributed by atoms with Crippen LogP contribution in [-0.2, 0) is 0 Å². The van der Waals surface area contributed by atoms with Crippen molar-refractivity contribution in [2.45, 2.75) is 0 Å². The predicted octanol–water partition coefficient (Wildman–Crippen LogP) is 4.46. The molecule has 5 nitrogen and oxygen atoms in total. The highest BCUT2D eigenvalue weighted by atomic mass is 35.5. The van der Waals surface area contributed by atoms with E-state index < -0.39 is 17.2 Å². The molecule has 27 heavy (non-hydrogen) atoms. The van der Waals surface area contributed by atoms with Crippen molar-refractivity contribution in [2.24, 2.45) is 0 Å². The summed E-state index contributed by atoms with van der Waals surface area (Å²) in [5.41, 5.74) is 0.626.